The largest absolute Gasteiger partial charge is 0.508 e. The molecule has 1 fully saturated rings. The average Bonchev–Trinajstić information content (AvgIpc) is 3.33. The van der Waals surface area contributed by atoms with E-state index in [0.29, 0.717) is 35.8 Å². The maximum atomic E-state index is 13.3. The quantitative estimate of drug-likeness (QED) is 0.274. The third-order valence-corrected chi connectivity index (χ3v) is 9.78. The number of amides is 2. The van der Waals surface area contributed by atoms with Gasteiger partial charge in [0.1, 0.15) is 11.5 Å². The standard InChI is InChI=1S/C30H35N3O6S/c1-29-12-11-24(36)30(2,17-34)23(29)15-22-27(21(29)14-25(37)31-18-7-6-8-19(35)13-18)33-28(40-22)32-26(38)16-39-20-9-4-3-5-10-20/h3-10,13,21,23-24,34-36H,11-12,14-17H2,1-2H3,(H,31,37)(H,32,33,38). The average molecular weight is 566 g/mol. The van der Waals surface area contributed by atoms with Crippen LogP contribution in [0.15, 0.2) is 54.6 Å². The number of benzene rings is 2. The summed E-state index contributed by atoms with van der Waals surface area (Å²) in [5.74, 6) is -0.333. The monoisotopic (exact) mass is 565 g/mol. The predicted octanol–water partition coefficient (Wildman–Crippen LogP) is 4.31. The highest BCUT2D eigenvalue weighted by molar-refractivity contribution is 7.15. The van der Waals surface area contributed by atoms with Crippen molar-refractivity contribution in [1.29, 1.82) is 0 Å². The van der Waals surface area contributed by atoms with E-state index in [0.717, 1.165) is 10.6 Å². The first-order valence-corrected chi connectivity index (χ1v) is 14.3. The molecule has 1 heterocycles. The zero-order valence-electron chi connectivity index (χ0n) is 22.6. The van der Waals surface area contributed by atoms with Gasteiger partial charge in [-0.1, -0.05) is 38.1 Å². The molecule has 5 atom stereocenters. The first kappa shape index (κ1) is 28.1. The smallest absolute Gasteiger partial charge is 0.264 e. The minimum absolute atomic E-state index is 0.0564. The van der Waals surface area contributed by atoms with Crippen LogP contribution in [0.5, 0.6) is 11.5 Å². The van der Waals surface area contributed by atoms with E-state index >= 15 is 0 Å². The molecule has 5 rings (SSSR count). The summed E-state index contributed by atoms with van der Waals surface area (Å²) < 4.78 is 5.57. The van der Waals surface area contributed by atoms with Crippen LogP contribution in [-0.4, -0.2) is 51.4 Å². The fourth-order valence-electron chi connectivity index (χ4n) is 6.50. The van der Waals surface area contributed by atoms with E-state index in [4.69, 9.17) is 9.72 Å². The molecule has 5 unspecified atom stereocenters. The highest BCUT2D eigenvalue weighted by Crippen LogP contribution is 2.62. The van der Waals surface area contributed by atoms with Crippen molar-refractivity contribution in [3.05, 3.63) is 65.2 Å². The SMILES string of the molecule is CC1(CO)C(O)CCC2(C)C(CC(=O)Nc3cccc(O)c3)c3nc(NC(=O)COc4ccccc4)sc3CC12. The van der Waals surface area contributed by atoms with Crippen LogP contribution in [-0.2, 0) is 16.0 Å². The Morgan fingerprint density at radius 1 is 1.10 bits per heavy atom. The number of carbonyl (C=O) groups is 2. The molecule has 212 valence electrons. The van der Waals surface area contributed by atoms with Gasteiger partial charge in [0.25, 0.3) is 5.91 Å². The number of nitrogens with one attached hydrogen (secondary N) is 2. The van der Waals surface area contributed by atoms with Crippen molar-refractivity contribution in [3.8, 4) is 11.5 Å². The zero-order valence-corrected chi connectivity index (χ0v) is 23.4. The molecule has 2 aliphatic carbocycles. The van der Waals surface area contributed by atoms with Gasteiger partial charge in [0, 0.05) is 34.4 Å². The van der Waals surface area contributed by atoms with Crippen molar-refractivity contribution < 1.29 is 29.6 Å². The summed E-state index contributed by atoms with van der Waals surface area (Å²) in [6.07, 6.45) is 1.22. The highest BCUT2D eigenvalue weighted by Gasteiger charge is 2.59. The summed E-state index contributed by atoms with van der Waals surface area (Å²) in [4.78, 5) is 31.7. The number of phenols is 1. The number of para-hydroxylation sites is 1. The summed E-state index contributed by atoms with van der Waals surface area (Å²) >= 11 is 1.36. The lowest BCUT2D eigenvalue weighted by atomic mass is 9.47. The summed E-state index contributed by atoms with van der Waals surface area (Å²) in [6, 6.07) is 15.5. The minimum atomic E-state index is -0.748. The molecule has 10 heteroatoms. The highest BCUT2D eigenvalue weighted by atomic mass is 32.1. The number of hydrogen-bond acceptors (Lipinski definition) is 8. The molecule has 0 radical (unpaired) electrons. The molecule has 1 aromatic heterocycles. The van der Waals surface area contributed by atoms with Crippen molar-refractivity contribution in [2.45, 2.75) is 51.6 Å². The molecule has 5 N–H and O–H groups in total. The zero-order chi connectivity index (χ0) is 28.5. The second-order valence-corrected chi connectivity index (χ2v) is 12.4. The number of anilines is 2. The Bertz CT molecular complexity index is 1380. The van der Waals surface area contributed by atoms with Crippen LogP contribution in [0, 0.1) is 16.7 Å². The Hall–Kier alpha value is -3.47. The summed E-state index contributed by atoms with van der Waals surface area (Å²) in [7, 11) is 0. The van der Waals surface area contributed by atoms with Gasteiger partial charge in [0.2, 0.25) is 5.91 Å². The molecule has 9 nitrogen and oxygen atoms in total. The van der Waals surface area contributed by atoms with Crippen LogP contribution in [0.2, 0.25) is 0 Å². The minimum Gasteiger partial charge on any atom is -0.508 e. The maximum absolute atomic E-state index is 13.3. The number of hydrogen-bond donors (Lipinski definition) is 5. The number of thiazole rings is 1. The number of phenolic OH excluding ortho intramolecular Hbond substituents is 1. The molecule has 0 spiro atoms. The molecule has 40 heavy (non-hydrogen) atoms. The Morgan fingerprint density at radius 2 is 1.88 bits per heavy atom. The molecule has 3 aromatic rings. The first-order chi connectivity index (χ1) is 19.1. The topological polar surface area (TPSA) is 141 Å². The molecule has 0 bridgehead atoms. The van der Waals surface area contributed by atoms with Crippen molar-refractivity contribution in [2.24, 2.45) is 16.7 Å². The molecule has 1 saturated carbocycles. The Morgan fingerprint density at radius 3 is 2.60 bits per heavy atom. The van der Waals surface area contributed by atoms with Gasteiger partial charge in [-0.25, -0.2) is 4.98 Å². The number of aromatic nitrogens is 1. The van der Waals surface area contributed by atoms with E-state index in [1.807, 2.05) is 25.1 Å². The lowest BCUT2D eigenvalue weighted by molar-refractivity contribution is -0.143. The van der Waals surface area contributed by atoms with Gasteiger partial charge in [-0.2, -0.15) is 0 Å². The van der Waals surface area contributed by atoms with Crippen molar-refractivity contribution in [1.82, 2.24) is 4.98 Å². The van der Waals surface area contributed by atoms with E-state index in [2.05, 4.69) is 17.6 Å². The molecular weight excluding hydrogens is 530 g/mol. The number of nitrogens with zero attached hydrogens (tertiary/aromatic N) is 1. The fraction of sp³-hybridized carbons (Fsp3) is 0.433. The van der Waals surface area contributed by atoms with Crippen molar-refractivity contribution >= 4 is 34.0 Å². The third kappa shape index (κ3) is 5.43. The second-order valence-electron chi connectivity index (χ2n) is 11.3. The van der Waals surface area contributed by atoms with Crippen LogP contribution in [0.1, 0.15) is 49.6 Å². The molecule has 0 saturated heterocycles. The van der Waals surface area contributed by atoms with Crippen LogP contribution < -0.4 is 15.4 Å². The first-order valence-electron chi connectivity index (χ1n) is 13.5. The Balaban J connectivity index is 1.41. The number of aromatic hydroxyl groups is 1. The van der Waals surface area contributed by atoms with Gasteiger partial charge in [-0.05, 0) is 54.9 Å². The van der Waals surface area contributed by atoms with Crippen molar-refractivity contribution in [2.75, 3.05) is 23.8 Å². The number of ether oxygens (including phenoxy) is 1. The molecule has 2 aliphatic rings. The number of fused-ring (bicyclic) bond motifs is 2. The summed E-state index contributed by atoms with van der Waals surface area (Å²) in [6.45, 7) is 3.70. The Labute approximate surface area is 237 Å². The van der Waals surface area contributed by atoms with Gasteiger partial charge in [-0.15, -0.1) is 11.3 Å². The van der Waals surface area contributed by atoms with Gasteiger partial charge < -0.3 is 25.4 Å². The Kier molecular flexibility index (Phi) is 7.85. The number of rotatable bonds is 8. The molecule has 2 amide bonds. The summed E-state index contributed by atoms with van der Waals surface area (Å²) in [5, 5.41) is 37.4. The molecule has 0 aliphatic heterocycles. The van der Waals surface area contributed by atoms with E-state index in [-0.39, 0.29) is 49.0 Å². The number of carbonyl (C=O) groups excluding carboxylic acids is 2. The maximum Gasteiger partial charge on any atom is 0.264 e. The normalized spacial score (nSPS) is 27.2. The predicted molar refractivity (Wildman–Crippen MR) is 153 cm³/mol. The number of aliphatic hydroxyl groups is 2. The van der Waals surface area contributed by atoms with Gasteiger partial charge in [0.05, 0.1) is 18.4 Å². The second kappa shape index (κ2) is 11.2. The van der Waals surface area contributed by atoms with Crippen LogP contribution in [0.3, 0.4) is 0 Å². The van der Waals surface area contributed by atoms with E-state index < -0.39 is 16.9 Å². The van der Waals surface area contributed by atoms with E-state index in [1.165, 1.54) is 23.5 Å². The van der Waals surface area contributed by atoms with Crippen LogP contribution in [0.4, 0.5) is 10.8 Å². The van der Waals surface area contributed by atoms with Crippen molar-refractivity contribution in [3.63, 3.8) is 0 Å². The van der Waals surface area contributed by atoms with Gasteiger partial charge in [-0.3, -0.25) is 14.9 Å². The van der Waals surface area contributed by atoms with Crippen LogP contribution >= 0.6 is 11.3 Å². The van der Waals surface area contributed by atoms with Crippen LogP contribution in [0.25, 0.3) is 0 Å². The number of aliphatic hydroxyl groups excluding tert-OH is 2. The van der Waals surface area contributed by atoms with E-state index in [1.54, 1.807) is 24.3 Å². The fourth-order valence-corrected chi connectivity index (χ4v) is 7.59. The lowest BCUT2D eigenvalue weighted by Gasteiger charge is -2.58. The third-order valence-electron chi connectivity index (χ3n) is 8.77. The van der Waals surface area contributed by atoms with E-state index in [9.17, 15) is 24.9 Å². The molecular formula is C30H35N3O6S. The van der Waals surface area contributed by atoms with Gasteiger partial charge in [0.15, 0.2) is 11.7 Å². The van der Waals surface area contributed by atoms with Gasteiger partial charge >= 0.3 is 0 Å². The summed E-state index contributed by atoms with van der Waals surface area (Å²) in [5.41, 5.74) is 0.0881. The molecule has 2 aromatic carbocycles. The lowest BCUT2D eigenvalue weighted by Crippen LogP contribution is -2.57.